The predicted octanol–water partition coefficient (Wildman–Crippen LogP) is 1.97. The van der Waals surface area contributed by atoms with E-state index in [1.807, 2.05) is 6.92 Å². The molecule has 0 atom stereocenters. The lowest BCUT2D eigenvalue weighted by Gasteiger charge is -1.94. The smallest absolute Gasteiger partial charge is 0.282 e. The summed E-state index contributed by atoms with van der Waals surface area (Å²) < 4.78 is 29.3. The highest BCUT2D eigenvalue weighted by molar-refractivity contribution is 7.89. The fourth-order valence-corrected chi connectivity index (χ4v) is 0.943. The third kappa shape index (κ3) is 4.98. The van der Waals surface area contributed by atoms with E-state index < -0.39 is 10.1 Å². The monoisotopic (exact) mass is 178 g/mol. The summed E-state index contributed by atoms with van der Waals surface area (Å²) in [6.45, 7) is 3.42. The molecule has 0 unspecified atom stereocenters. The van der Waals surface area contributed by atoms with Gasteiger partial charge in [-0.2, -0.15) is 8.42 Å². The highest BCUT2D eigenvalue weighted by Gasteiger charge is 2.05. The van der Waals surface area contributed by atoms with E-state index in [1.54, 1.807) is 6.08 Å². The van der Waals surface area contributed by atoms with Crippen LogP contribution in [0.4, 0.5) is 0 Å². The summed E-state index contributed by atoms with van der Waals surface area (Å²) in [4.78, 5) is 0.0472. The average Bonchev–Trinajstić information content (AvgIpc) is 1.86. The molecule has 0 aromatic carbocycles. The van der Waals surface area contributed by atoms with Crippen LogP contribution in [0.2, 0.25) is 0 Å². The third-order valence-corrected chi connectivity index (χ3v) is 2.38. The van der Waals surface area contributed by atoms with Crippen molar-refractivity contribution < 1.29 is 13.0 Å². The van der Waals surface area contributed by atoms with E-state index in [2.05, 4.69) is 0 Å². The van der Waals surface area contributed by atoms with Crippen molar-refractivity contribution in [1.82, 2.24) is 0 Å². The van der Waals surface area contributed by atoms with Crippen molar-refractivity contribution in [3.05, 3.63) is 11.0 Å². The molecule has 11 heavy (non-hydrogen) atoms. The topological polar surface area (TPSA) is 54.4 Å². The quantitative estimate of drug-likeness (QED) is 0.529. The van der Waals surface area contributed by atoms with Crippen LogP contribution in [-0.4, -0.2) is 13.0 Å². The molecule has 0 saturated carbocycles. The lowest BCUT2D eigenvalue weighted by molar-refractivity contribution is 0.490. The number of rotatable bonds is 4. The van der Waals surface area contributed by atoms with Gasteiger partial charge in [-0.15, -0.1) is 0 Å². The largest absolute Gasteiger partial charge is 0.290 e. The van der Waals surface area contributed by atoms with Crippen LogP contribution in [0.25, 0.3) is 0 Å². The highest BCUT2D eigenvalue weighted by Crippen LogP contribution is 2.05. The van der Waals surface area contributed by atoms with Crippen molar-refractivity contribution in [2.24, 2.45) is 0 Å². The SMILES string of the molecule is CCCCC=C(C)S(=O)(=O)O. The van der Waals surface area contributed by atoms with Gasteiger partial charge in [0.15, 0.2) is 0 Å². The van der Waals surface area contributed by atoms with Gasteiger partial charge in [-0.05, 0) is 13.3 Å². The van der Waals surface area contributed by atoms with Gasteiger partial charge in [-0.1, -0.05) is 25.8 Å². The van der Waals surface area contributed by atoms with E-state index in [0.717, 1.165) is 12.8 Å². The molecular formula is C7H14O3S. The van der Waals surface area contributed by atoms with Crippen LogP contribution in [0.15, 0.2) is 11.0 Å². The molecule has 1 N–H and O–H groups in total. The number of hydrogen-bond donors (Lipinski definition) is 1. The van der Waals surface area contributed by atoms with Crippen molar-refractivity contribution >= 4 is 10.1 Å². The van der Waals surface area contributed by atoms with Gasteiger partial charge in [-0.3, -0.25) is 4.55 Å². The fourth-order valence-electron chi connectivity index (χ4n) is 0.615. The first kappa shape index (κ1) is 10.7. The van der Waals surface area contributed by atoms with Crippen LogP contribution in [-0.2, 0) is 10.1 Å². The Labute approximate surface area is 67.9 Å². The second-order valence-corrected chi connectivity index (χ2v) is 4.03. The minimum Gasteiger partial charge on any atom is -0.282 e. The van der Waals surface area contributed by atoms with Gasteiger partial charge in [0.2, 0.25) is 0 Å². The molecule has 0 aliphatic heterocycles. The van der Waals surface area contributed by atoms with Gasteiger partial charge in [0, 0.05) is 0 Å². The van der Waals surface area contributed by atoms with E-state index in [4.69, 9.17) is 4.55 Å². The first-order valence-corrected chi connectivity index (χ1v) is 5.06. The Morgan fingerprint density at radius 2 is 2.09 bits per heavy atom. The molecule has 0 radical (unpaired) electrons. The lowest BCUT2D eigenvalue weighted by atomic mass is 10.2. The van der Waals surface area contributed by atoms with Gasteiger partial charge in [0.25, 0.3) is 10.1 Å². The maximum absolute atomic E-state index is 10.4. The Morgan fingerprint density at radius 3 is 2.45 bits per heavy atom. The summed E-state index contributed by atoms with van der Waals surface area (Å²) in [5.74, 6) is 0. The molecule has 0 saturated heterocycles. The van der Waals surface area contributed by atoms with Crippen molar-refractivity contribution in [2.75, 3.05) is 0 Å². The van der Waals surface area contributed by atoms with E-state index in [0.29, 0.717) is 6.42 Å². The Balaban J connectivity index is 4.03. The molecule has 0 amide bonds. The molecule has 66 valence electrons. The zero-order valence-corrected chi connectivity index (χ0v) is 7.69. The van der Waals surface area contributed by atoms with Gasteiger partial charge in [-0.25, -0.2) is 0 Å². The van der Waals surface area contributed by atoms with Crippen LogP contribution in [0, 0.1) is 0 Å². The Hall–Kier alpha value is -0.350. The first-order valence-electron chi connectivity index (χ1n) is 3.62. The maximum Gasteiger partial charge on any atom is 0.290 e. The summed E-state index contributed by atoms with van der Waals surface area (Å²) in [7, 11) is -3.92. The van der Waals surface area contributed by atoms with Crippen LogP contribution in [0.3, 0.4) is 0 Å². The molecule has 0 rings (SSSR count). The zero-order chi connectivity index (χ0) is 8.91. The van der Waals surface area contributed by atoms with E-state index in [9.17, 15) is 8.42 Å². The Morgan fingerprint density at radius 1 is 1.55 bits per heavy atom. The van der Waals surface area contributed by atoms with Crippen LogP contribution in [0.5, 0.6) is 0 Å². The molecule has 0 fully saturated rings. The second kappa shape index (κ2) is 4.51. The molecule has 0 aromatic rings. The molecule has 0 heterocycles. The van der Waals surface area contributed by atoms with E-state index in [1.165, 1.54) is 6.92 Å². The number of hydrogen-bond acceptors (Lipinski definition) is 2. The van der Waals surface area contributed by atoms with E-state index in [-0.39, 0.29) is 4.91 Å². The lowest BCUT2D eigenvalue weighted by Crippen LogP contribution is -1.97. The van der Waals surface area contributed by atoms with Crippen LogP contribution >= 0.6 is 0 Å². The normalized spacial score (nSPS) is 13.5. The average molecular weight is 178 g/mol. The molecule has 0 aliphatic rings. The highest BCUT2D eigenvalue weighted by atomic mass is 32.2. The summed E-state index contributed by atoms with van der Waals surface area (Å²) in [6, 6.07) is 0. The molecule has 0 bridgehead atoms. The van der Waals surface area contributed by atoms with Crippen LogP contribution in [0.1, 0.15) is 33.1 Å². The molecule has 4 heteroatoms. The van der Waals surface area contributed by atoms with Crippen molar-refractivity contribution in [1.29, 1.82) is 0 Å². The maximum atomic E-state index is 10.4. The minimum absolute atomic E-state index is 0.0472. The third-order valence-electron chi connectivity index (χ3n) is 1.40. The standard InChI is InChI=1S/C7H14O3S/c1-3-4-5-6-7(2)11(8,9)10/h6H,3-5H2,1-2H3,(H,8,9,10). The van der Waals surface area contributed by atoms with E-state index >= 15 is 0 Å². The molecule has 0 aliphatic carbocycles. The molecule has 0 spiro atoms. The van der Waals surface area contributed by atoms with Crippen molar-refractivity contribution in [3.8, 4) is 0 Å². The molecular weight excluding hydrogens is 164 g/mol. The van der Waals surface area contributed by atoms with Gasteiger partial charge in [0.05, 0.1) is 4.91 Å². The molecule has 3 nitrogen and oxygen atoms in total. The summed E-state index contributed by atoms with van der Waals surface area (Å²) in [5.41, 5.74) is 0. The van der Waals surface area contributed by atoms with Gasteiger partial charge in [0.1, 0.15) is 0 Å². The number of allylic oxidation sites excluding steroid dienone is 2. The van der Waals surface area contributed by atoms with Gasteiger partial charge >= 0.3 is 0 Å². The minimum atomic E-state index is -3.92. The number of unbranched alkanes of at least 4 members (excludes halogenated alkanes) is 2. The second-order valence-electron chi connectivity index (χ2n) is 2.43. The fraction of sp³-hybridized carbons (Fsp3) is 0.714. The summed E-state index contributed by atoms with van der Waals surface area (Å²) >= 11 is 0. The Kier molecular flexibility index (Phi) is 4.37. The molecule has 0 aromatic heterocycles. The van der Waals surface area contributed by atoms with Gasteiger partial charge < -0.3 is 0 Å². The predicted molar refractivity (Wildman–Crippen MR) is 44.8 cm³/mol. The Bertz CT molecular complexity index is 226. The van der Waals surface area contributed by atoms with Crippen molar-refractivity contribution in [3.63, 3.8) is 0 Å². The summed E-state index contributed by atoms with van der Waals surface area (Å²) in [5, 5.41) is 0. The summed E-state index contributed by atoms with van der Waals surface area (Å²) in [6.07, 6.45) is 4.23. The van der Waals surface area contributed by atoms with Crippen LogP contribution < -0.4 is 0 Å². The zero-order valence-electron chi connectivity index (χ0n) is 6.87. The van der Waals surface area contributed by atoms with Crippen molar-refractivity contribution in [2.45, 2.75) is 33.1 Å². The first-order chi connectivity index (χ1) is 4.98.